The average Bonchev–Trinajstić information content (AvgIpc) is 2.54. The van der Waals surface area contributed by atoms with Crippen molar-refractivity contribution >= 4 is 0 Å². The minimum atomic E-state index is 0. The van der Waals surface area contributed by atoms with Gasteiger partial charge in [0.2, 0.25) is 0 Å². The molecule has 1 N–H and O–H groups in total. The van der Waals surface area contributed by atoms with Crippen LogP contribution in [0.5, 0.6) is 5.75 Å². The average molecular weight is 273 g/mol. The van der Waals surface area contributed by atoms with Gasteiger partial charge < -0.3 is 5.11 Å². The van der Waals surface area contributed by atoms with Gasteiger partial charge in [-0.1, -0.05) is 30.3 Å². The van der Waals surface area contributed by atoms with Crippen LogP contribution in [-0.2, 0) is 32.6 Å². The Bertz CT molecular complexity index is 506. The SMILES string of the molecule is Oc1ccc2c(c1)Cc1ccccc1-2.[Zr]. The van der Waals surface area contributed by atoms with E-state index in [2.05, 4.69) is 24.3 Å². The molecule has 0 spiro atoms. The van der Waals surface area contributed by atoms with Gasteiger partial charge in [-0.05, 0) is 40.8 Å². The Kier molecular flexibility index (Phi) is 2.79. The molecule has 2 aromatic rings. The first-order valence-electron chi connectivity index (χ1n) is 4.75. The summed E-state index contributed by atoms with van der Waals surface area (Å²) in [6.45, 7) is 0. The number of phenols is 1. The number of fused-ring (bicyclic) bond motifs is 3. The summed E-state index contributed by atoms with van der Waals surface area (Å²) in [6, 6.07) is 14.0. The third kappa shape index (κ3) is 1.68. The van der Waals surface area contributed by atoms with Gasteiger partial charge in [-0.25, -0.2) is 0 Å². The molecule has 0 radical (unpaired) electrons. The molecule has 0 aromatic heterocycles. The quantitative estimate of drug-likeness (QED) is 0.668. The van der Waals surface area contributed by atoms with Gasteiger partial charge in [-0.3, -0.25) is 0 Å². The van der Waals surface area contributed by atoms with Crippen LogP contribution in [0.1, 0.15) is 11.1 Å². The fraction of sp³-hybridized carbons (Fsp3) is 0.0769. The maximum Gasteiger partial charge on any atom is 0.115 e. The number of aromatic hydroxyl groups is 1. The van der Waals surface area contributed by atoms with Crippen LogP contribution < -0.4 is 0 Å². The second-order valence-electron chi connectivity index (χ2n) is 3.68. The summed E-state index contributed by atoms with van der Waals surface area (Å²) in [5.74, 6) is 0.358. The molecule has 0 aliphatic heterocycles. The molecule has 0 atom stereocenters. The second kappa shape index (κ2) is 3.94. The summed E-state index contributed by atoms with van der Waals surface area (Å²) >= 11 is 0. The predicted octanol–water partition coefficient (Wildman–Crippen LogP) is 2.96. The van der Waals surface area contributed by atoms with Crippen LogP contribution in [0.4, 0.5) is 0 Å². The summed E-state index contributed by atoms with van der Waals surface area (Å²) in [5.41, 5.74) is 5.15. The first kappa shape index (κ1) is 10.6. The van der Waals surface area contributed by atoms with Crippen LogP contribution in [0.2, 0.25) is 0 Å². The van der Waals surface area contributed by atoms with E-state index >= 15 is 0 Å². The Labute approximate surface area is 108 Å². The molecule has 72 valence electrons. The van der Waals surface area contributed by atoms with Gasteiger partial charge in [0.1, 0.15) is 5.75 Å². The molecule has 1 aliphatic carbocycles. The molecule has 2 aromatic carbocycles. The van der Waals surface area contributed by atoms with E-state index in [9.17, 15) is 5.11 Å². The molecule has 0 bridgehead atoms. The van der Waals surface area contributed by atoms with E-state index in [1.807, 2.05) is 12.1 Å². The molecule has 3 rings (SSSR count). The van der Waals surface area contributed by atoms with E-state index in [0.717, 1.165) is 6.42 Å². The van der Waals surface area contributed by atoms with Crippen molar-refractivity contribution in [1.82, 2.24) is 0 Å². The van der Waals surface area contributed by atoms with Crippen molar-refractivity contribution in [1.29, 1.82) is 0 Å². The maximum absolute atomic E-state index is 9.38. The van der Waals surface area contributed by atoms with Crippen LogP contribution in [0.3, 0.4) is 0 Å². The molecule has 0 saturated carbocycles. The third-order valence-corrected chi connectivity index (χ3v) is 2.78. The van der Waals surface area contributed by atoms with E-state index < -0.39 is 0 Å². The maximum atomic E-state index is 9.38. The topological polar surface area (TPSA) is 20.2 Å². The summed E-state index contributed by atoms with van der Waals surface area (Å²) in [4.78, 5) is 0. The van der Waals surface area contributed by atoms with Crippen LogP contribution in [-0.4, -0.2) is 5.11 Å². The Morgan fingerprint density at radius 1 is 0.867 bits per heavy atom. The number of hydrogen-bond acceptors (Lipinski definition) is 1. The number of hydrogen-bond donors (Lipinski definition) is 1. The Hall–Kier alpha value is -0.877. The van der Waals surface area contributed by atoms with Gasteiger partial charge in [0.05, 0.1) is 0 Å². The number of phenolic OH excluding ortho intramolecular Hbond substituents is 1. The Morgan fingerprint density at radius 3 is 2.47 bits per heavy atom. The first-order chi connectivity index (χ1) is 6.84. The van der Waals surface area contributed by atoms with Crippen molar-refractivity contribution in [2.75, 3.05) is 0 Å². The van der Waals surface area contributed by atoms with Crippen LogP contribution in [0.25, 0.3) is 11.1 Å². The second-order valence-corrected chi connectivity index (χ2v) is 3.68. The molecule has 15 heavy (non-hydrogen) atoms. The van der Waals surface area contributed by atoms with Crippen molar-refractivity contribution in [3.63, 3.8) is 0 Å². The van der Waals surface area contributed by atoms with Gasteiger partial charge in [0.25, 0.3) is 0 Å². The molecular formula is C13H10OZr. The van der Waals surface area contributed by atoms with Gasteiger partial charge in [0, 0.05) is 26.2 Å². The molecule has 0 saturated heterocycles. The fourth-order valence-corrected chi connectivity index (χ4v) is 2.13. The van der Waals surface area contributed by atoms with Crippen LogP contribution >= 0.6 is 0 Å². The molecule has 0 heterocycles. The summed E-state index contributed by atoms with van der Waals surface area (Å²) < 4.78 is 0. The zero-order chi connectivity index (χ0) is 9.54. The molecule has 0 unspecified atom stereocenters. The molecule has 1 nitrogen and oxygen atoms in total. The molecule has 0 fully saturated rings. The zero-order valence-electron chi connectivity index (χ0n) is 8.20. The molecule has 0 amide bonds. The van der Waals surface area contributed by atoms with E-state index in [-0.39, 0.29) is 26.2 Å². The van der Waals surface area contributed by atoms with Gasteiger partial charge in [0.15, 0.2) is 0 Å². The monoisotopic (exact) mass is 272 g/mol. The van der Waals surface area contributed by atoms with E-state index in [1.165, 1.54) is 22.3 Å². The van der Waals surface area contributed by atoms with Crippen LogP contribution in [0, 0.1) is 0 Å². The normalized spacial score (nSPS) is 11.5. The van der Waals surface area contributed by atoms with Crippen molar-refractivity contribution in [2.24, 2.45) is 0 Å². The minimum Gasteiger partial charge on any atom is -0.508 e. The van der Waals surface area contributed by atoms with Gasteiger partial charge >= 0.3 is 0 Å². The summed E-state index contributed by atoms with van der Waals surface area (Å²) in [5, 5.41) is 9.38. The summed E-state index contributed by atoms with van der Waals surface area (Å²) in [6.07, 6.45) is 0.944. The number of benzene rings is 2. The zero-order valence-corrected chi connectivity index (χ0v) is 10.7. The Balaban J connectivity index is 0.000000853. The minimum absolute atomic E-state index is 0. The van der Waals surface area contributed by atoms with E-state index in [1.54, 1.807) is 6.07 Å². The van der Waals surface area contributed by atoms with E-state index in [0.29, 0.717) is 5.75 Å². The van der Waals surface area contributed by atoms with Crippen molar-refractivity contribution in [2.45, 2.75) is 6.42 Å². The third-order valence-electron chi connectivity index (χ3n) is 2.78. The fourth-order valence-electron chi connectivity index (χ4n) is 2.13. The Morgan fingerprint density at radius 2 is 1.60 bits per heavy atom. The smallest absolute Gasteiger partial charge is 0.115 e. The van der Waals surface area contributed by atoms with Gasteiger partial charge in [-0.2, -0.15) is 0 Å². The molecule has 2 heteroatoms. The first-order valence-corrected chi connectivity index (χ1v) is 4.75. The summed E-state index contributed by atoms with van der Waals surface area (Å²) in [7, 11) is 0. The number of rotatable bonds is 0. The predicted molar refractivity (Wildman–Crippen MR) is 56.3 cm³/mol. The standard InChI is InChI=1S/C13H10O.Zr/c14-11-5-6-13-10(8-11)7-9-3-1-2-4-12(9)13;/h1-6,8,14H,7H2;. The molecular weight excluding hydrogens is 263 g/mol. The van der Waals surface area contributed by atoms with Gasteiger partial charge in [-0.15, -0.1) is 0 Å². The van der Waals surface area contributed by atoms with Crippen LogP contribution in [0.15, 0.2) is 42.5 Å². The van der Waals surface area contributed by atoms with Crippen molar-refractivity contribution in [3.8, 4) is 16.9 Å². The van der Waals surface area contributed by atoms with E-state index in [4.69, 9.17) is 0 Å². The van der Waals surface area contributed by atoms with Crippen molar-refractivity contribution < 1.29 is 31.3 Å². The van der Waals surface area contributed by atoms with Crippen molar-refractivity contribution in [3.05, 3.63) is 53.6 Å². The largest absolute Gasteiger partial charge is 0.508 e. The molecule has 1 aliphatic rings.